The number of halogens is 1. The van der Waals surface area contributed by atoms with E-state index in [1.807, 2.05) is 0 Å². The molecule has 1 aliphatic heterocycles. The molecule has 2 aromatic carbocycles. The first-order valence-corrected chi connectivity index (χ1v) is 10.5. The first-order valence-electron chi connectivity index (χ1n) is 8.19. The zero-order valence-corrected chi connectivity index (χ0v) is 16.0. The maximum Gasteiger partial charge on any atom is 0.175 e. The van der Waals surface area contributed by atoms with Gasteiger partial charge in [-0.25, -0.2) is 12.8 Å². The Morgan fingerprint density at radius 2 is 1.58 bits per heavy atom. The number of rotatable bonds is 3. The van der Waals surface area contributed by atoms with E-state index in [1.54, 1.807) is 36.4 Å². The third-order valence-corrected chi connectivity index (χ3v) is 5.78. The van der Waals surface area contributed by atoms with Gasteiger partial charge in [-0.05, 0) is 60.7 Å². The number of nitrogens with one attached hydrogen (secondary N) is 1. The number of benzene rings is 2. The molecule has 0 bridgehead atoms. The smallest absolute Gasteiger partial charge is 0.175 e. The molecule has 0 unspecified atom stereocenters. The number of hydrogen-bond acceptors (Lipinski definition) is 4. The fourth-order valence-electron chi connectivity index (χ4n) is 2.81. The first kappa shape index (κ1) is 18.6. The lowest BCUT2D eigenvalue weighted by Crippen LogP contribution is -2.50. The zero-order chi connectivity index (χ0) is 18.7. The summed E-state index contributed by atoms with van der Waals surface area (Å²) >= 11 is 5.46. The Bertz CT molecular complexity index is 876. The molecular weight excluding hydrogens is 373 g/mol. The summed E-state index contributed by atoms with van der Waals surface area (Å²) in [5, 5.41) is 3.75. The van der Waals surface area contributed by atoms with Gasteiger partial charge in [0.25, 0.3) is 0 Å². The summed E-state index contributed by atoms with van der Waals surface area (Å²) in [6.07, 6.45) is 1.18. The van der Waals surface area contributed by atoms with Crippen LogP contribution in [0.2, 0.25) is 0 Å². The summed E-state index contributed by atoms with van der Waals surface area (Å²) in [7, 11) is -3.20. The summed E-state index contributed by atoms with van der Waals surface area (Å²) in [6, 6.07) is 13.0. The van der Waals surface area contributed by atoms with Crippen molar-refractivity contribution in [2.24, 2.45) is 0 Å². The van der Waals surface area contributed by atoms with Crippen molar-refractivity contribution in [1.29, 1.82) is 0 Å². The van der Waals surface area contributed by atoms with Crippen molar-refractivity contribution >= 4 is 38.5 Å². The molecule has 1 N–H and O–H groups in total. The van der Waals surface area contributed by atoms with E-state index in [1.165, 1.54) is 18.4 Å². The lowest BCUT2D eigenvalue weighted by atomic mass is 10.2. The molecule has 1 saturated heterocycles. The molecule has 0 spiro atoms. The van der Waals surface area contributed by atoms with Gasteiger partial charge in [0.1, 0.15) is 5.82 Å². The average Bonchev–Trinajstić information content (AvgIpc) is 2.62. The summed E-state index contributed by atoms with van der Waals surface area (Å²) < 4.78 is 36.0. The molecule has 0 atom stereocenters. The molecule has 2 aromatic rings. The van der Waals surface area contributed by atoms with Gasteiger partial charge >= 0.3 is 0 Å². The Hall–Kier alpha value is -2.19. The van der Waals surface area contributed by atoms with Crippen LogP contribution in [0.15, 0.2) is 53.4 Å². The average molecular weight is 394 g/mol. The van der Waals surface area contributed by atoms with E-state index >= 15 is 0 Å². The van der Waals surface area contributed by atoms with E-state index in [4.69, 9.17) is 12.2 Å². The van der Waals surface area contributed by atoms with Crippen LogP contribution in [0.25, 0.3) is 0 Å². The maximum absolute atomic E-state index is 13.0. The fraction of sp³-hybridized carbons (Fsp3) is 0.278. The van der Waals surface area contributed by atoms with Crippen LogP contribution in [-0.2, 0) is 9.84 Å². The van der Waals surface area contributed by atoms with Crippen molar-refractivity contribution in [3.05, 3.63) is 54.3 Å². The van der Waals surface area contributed by atoms with Gasteiger partial charge in [0.2, 0.25) is 0 Å². The number of nitrogens with zero attached hydrogens (tertiary/aromatic N) is 2. The van der Waals surface area contributed by atoms with Crippen molar-refractivity contribution in [1.82, 2.24) is 4.90 Å². The molecule has 0 saturated carbocycles. The van der Waals surface area contributed by atoms with E-state index in [2.05, 4.69) is 15.1 Å². The maximum atomic E-state index is 13.0. The molecule has 0 amide bonds. The van der Waals surface area contributed by atoms with Crippen LogP contribution in [-0.4, -0.2) is 50.9 Å². The Kier molecular flexibility index (Phi) is 5.43. The number of piperazine rings is 1. The van der Waals surface area contributed by atoms with Gasteiger partial charge in [0.15, 0.2) is 14.9 Å². The minimum atomic E-state index is -3.20. The highest BCUT2D eigenvalue weighted by atomic mass is 32.2. The van der Waals surface area contributed by atoms with Crippen molar-refractivity contribution in [2.75, 3.05) is 42.7 Å². The molecule has 8 heteroatoms. The highest BCUT2D eigenvalue weighted by Crippen LogP contribution is 2.18. The van der Waals surface area contributed by atoms with Crippen molar-refractivity contribution in [3.8, 4) is 0 Å². The van der Waals surface area contributed by atoms with E-state index < -0.39 is 9.84 Å². The molecule has 26 heavy (non-hydrogen) atoms. The summed E-state index contributed by atoms with van der Waals surface area (Å²) in [4.78, 5) is 4.54. The third kappa shape index (κ3) is 4.50. The fourth-order valence-corrected chi connectivity index (χ4v) is 3.74. The van der Waals surface area contributed by atoms with Gasteiger partial charge in [0.05, 0.1) is 4.90 Å². The van der Waals surface area contributed by atoms with E-state index in [0.717, 1.165) is 37.6 Å². The van der Waals surface area contributed by atoms with Crippen molar-refractivity contribution < 1.29 is 12.8 Å². The van der Waals surface area contributed by atoms with E-state index in [9.17, 15) is 12.8 Å². The van der Waals surface area contributed by atoms with Gasteiger partial charge in [-0.15, -0.1) is 0 Å². The van der Waals surface area contributed by atoms with E-state index in [0.29, 0.717) is 5.11 Å². The Balaban J connectivity index is 1.56. The Morgan fingerprint density at radius 3 is 2.12 bits per heavy atom. The largest absolute Gasteiger partial charge is 0.368 e. The van der Waals surface area contributed by atoms with Gasteiger partial charge in [0, 0.05) is 43.8 Å². The minimum absolute atomic E-state index is 0.236. The first-order chi connectivity index (χ1) is 12.3. The van der Waals surface area contributed by atoms with E-state index in [-0.39, 0.29) is 10.7 Å². The number of anilines is 2. The Morgan fingerprint density at radius 1 is 1.00 bits per heavy atom. The van der Waals surface area contributed by atoms with Crippen LogP contribution >= 0.6 is 12.2 Å². The molecule has 0 aromatic heterocycles. The molecule has 3 rings (SSSR count). The quantitative estimate of drug-likeness (QED) is 0.810. The third-order valence-electron chi connectivity index (χ3n) is 4.29. The standard InChI is InChI=1S/C18H20FN3O2S2/c1-26(23,24)17-8-4-15(5-9-17)20-18(25)22-12-10-21(11-13-22)16-6-2-14(19)3-7-16/h2-9H,10-13H2,1H3,(H,20,25). The number of hydrogen-bond donors (Lipinski definition) is 1. The highest BCUT2D eigenvalue weighted by molar-refractivity contribution is 7.90. The second-order valence-electron chi connectivity index (χ2n) is 6.18. The van der Waals surface area contributed by atoms with Gasteiger partial charge < -0.3 is 15.1 Å². The van der Waals surface area contributed by atoms with Crippen LogP contribution in [0, 0.1) is 5.82 Å². The molecule has 5 nitrogen and oxygen atoms in total. The second-order valence-corrected chi connectivity index (χ2v) is 8.58. The van der Waals surface area contributed by atoms with Crippen LogP contribution in [0.4, 0.5) is 15.8 Å². The number of thiocarbonyl (C=S) groups is 1. The molecule has 0 radical (unpaired) electrons. The van der Waals surface area contributed by atoms with Crippen LogP contribution < -0.4 is 10.2 Å². The second kappa shape index (κ2) is 7.59. The molecule has 1 heterocycles. The molecule has 1 fully saturated rings. The van der Waals surface area contributed by atoms with Crippen LogP contribution in [0.3, 0.4) is 0 Å². The molecule has 0 aliphatic carbocycles. The Labute approximate surface area is 158 Å². The predicted molar refractivity (Wildman–Crippen MR) is 106 cm³/mol. The van der Waals surface area contributed by atoms with Gasteiger partial charge in [-0.3, -0.25) is 0 Å². The topological polar surface area (TPSA) is 52.7 Å². The van der Waals surface area contributed by atoms with Crippen molar-refractivity contribution in [3.63, 3.8) is 0 Å². The summed E-state index contributed by atoms with van der Waals surface area (Å²) in [5.41, 5.74) is 1.75. The lowest BCUT2D eigenvalue weighted by Gasteiger charge is -2.37. The number of sulfone groups is 1. The zero-order valence-electron chi connectivity index (χ0n) is 14.4. The predicted octanol–water partition coefficient (Wildman–Crippen LogP) is 2.75. The highest BCUT2D eigenvalue weighted by Gasteiger charge is 2.19. The normalized spacial score (nSPS) is 15.0. The minimum Gasteiger partial charge on any atom is -0.368 e. The molecular formula is C18H20FN3O2S2. The van der Waals surface area contributed by atoms with Gasteiger partial charge in [-0.2, -0.15) is 0 Å². The molecule has 138 valence electrons. The SMILES string of the molecule is CS(=O)(=O)c1ccc(NC(=S)N2CCN(c3ccc(F)cc3)CC2)cc1. The van der Waals surface area contributed by atoms with Crippen LogP contribution in [0.5, 0.6) is 0 Å². The summed E-state index contributed by atoms with van der Waals surface area (Å²) in [5.74, 6) is -0.236. The van der Waals surface area contributed by atoms with Crippen molar-refractivity contribution in [2.45, 2.75) is 4.90 Å². The monoisotopic (exact) mass is 393 g/mol. The molecule has 1 aliphatic rings. The lowest BCUT2D eigenvalue weighted by molar-refractivity contribution is 0.391. The van der Waals surface area contributed by atoms with Gasteiger partial charge in [-0.1, -0.05) is 0 Å². The summed E-state index contributed by atoms with van der Waals surface area (Å²) in [6.45, 7) is 3.09. The van der Waals surface area contributed by atoms with Crippen LogP contribution in [0.1, 0.15) is 0 Å².